The van der Waals surface area contributed by atoms with Gasteiger partial charge in [0, 0.05) is 55.2 Å². The predicted molar refractivity (Wildman–Crippen MR) is 159 cm³/mol. The Bertz CT molecular complexity index is 1550. The predicted octanol–water partition coefficient (Wildman–Crippen LogP) is 4.07. The second kappa shape index (κ2) is 11.6. The zero-order chi connectivity index (χ0) is 25.7. The van der Waals surface area contributed by atoms with Crippen LogP contribution in [0, 0.1) is 31.0 Å². The maximum atomic E-state index is 15.5. The molecule has 0 aliphatic carbocycles. The zero-order valence-electron chi connectivity index (χ0n) is 22.3. The molecule has 0 radical (unpaired) electrons. The lowest BCUT2D eigenvalue weighted by Crippen LogP contribution is -2.45. The number of pyridine rings is 1. The standard InChI is InChI=1S/C28H29FN8.2H2S/c1-4-35-15-24-9-23(35)16-36(24)13-19-5-6-21(25(29)8-19)14-37-27(22-7-20(10-30)11-31-12-22)34-26-17(2)32-18(3)33-28(26)37;;/h5-8,11-12,23-24H,4,9,13-16H2,1-3H3;2*1H2. The van der Waals surface area contributed by atoms with Gasteiger partial charge < -0.3 is 4.57 Å². The molecule has 2 fully saturated rings. The summed E-state index contributed by atoms with van der Waals surface area (Å²) in [6, 6.07) is 10.6. The summed E-state index contributed by atoms with van der Waals surface area (Å²) in [5, 5.41) is 9.36. The second-order valence-corrected chi connectivity index (χ2v) is 10.1. The molecular weight excluding hydrogens is 531 g/mol. The van der Waals surface area contributed by atoms with Crippen LogP contribution >= 0.6 is 27.0 Å². The minimum atomic E-state index is -0.240. The molecule has 1 aromatic carbocycles. The van der Waals surface area contributed by atoms with Gasteiger partial charge in [0.15, 0.2) is 5.65 Å². The van der Waals surface area contributed by atoms with E-state index >= 15 is 4.39 Å². The lowest BCUT2D eigenvalue weighted by Gasteiger charge is -2.33. The Morgan fingerprint density at radius 3 is 2.46 bits per heavy atom. The topological polar surface area (TPSA) is 86.8 Å². The molecule has 6 rings (SSSR count). The first-order valence-corrected chi connectivity index (χ1v) is 12.8. The zero-order valence-corrected chi connectivity index (χ0v) is 24.3. The Balaban J connectivity index is 0.00000176. The number of fused-ring (bicyclic) bond motifs is 3. The minimum absolute atomic E-state index is 0. The fourth-order valence-electron chi connectivity index (χ4n) is 5.90. The third kappa shape index (κ3) is 5.39. The maximum Gasteiger partial charge on any atom is 0.164 e. The van der Waals surface area contributed by atoms with Crippen molar-refractivity contribution >= 4 is 38.2 Å². The average molecular weight is 565 g/mol. The molecule has 0 saturated carbocycles. The van der Waals surface area contributed by atoms with Gasteiger partial charge in [0.05, 0.1) is 17.8 Å². The molecule has 0 spiro atoms. The SMILES string of the molecule is CCN1CC2CC1CN2Cc1ccc(Cn2c(-c3cncc(C#N)c3)nc3c(C)nc(C)nc32)c(F)c1.S.S. The smallest absolute Gasteiger partial charge is 0.164 e. The number of hydrogen-bond acceptors (Lipinski definition) is 7. The number of nitriles is 1. The Labute approximate surface area is 241 Å². The van der Waals surface area contributed by atoms with Crippen LogP contribution in [0.3, 0.4) is 0 Å². The van der Waals surface area contributed by atoms with Crippen molar-refractivity contribution in [3.8, 4) is 17.5 Å². The fraction of sp³-hybridized carbons (Fsp3) is 0.393. The van der Waals surface area contributed by atoms with Crippen molar-refractivity contribution in [3.63, 3.8) is 0 Å². The van der Waals surface area contributed by atoms with Gasteiger partial charge in [-0.25, -0.2) is 19.3 Å². The van der Waals surface area contributed by atoms with Gasteiger partial charge in [-0.1, -0.05) is 19.1 Å². The van der Waals surface area contributed by atoms with Gasteiger partial charge in [-0.15, -0.1) is 0 Å². The van der Waals surface area contributed by atoms with Crippen molar-refractivity contribution in [2.24, 2.45) is 0 Å². The first-order chi connectivity index (χ1) is 17.9. The number of aryl methyl sites for hydroxylation is 2. The van der Waals surface area contributed by atoms with Crippen LogP contribution in [-0.4, -0.2) is 66.0 Å². The lowest BCUT2D eigenvalue weighted by atomic mass is 10.1. The number of aromatic nitrogens is 5. The molecule has 204 valence electrons. The van der Waals surface area contributed by atoms with Crippen molar-refractivity contribution in [2.75, 3.05) is 19.6 Å². The van der Waals surface area contributed by atoms with Gasteiger partial charge in [0.2, 0.25) is 0 Å². The van der Waals surface area contributed by atoms with E-state index in [1.165, 1.54) is 12.6 Å². The van der Waals surface area contributed by atoms with E-state index in [0.717, 1.165) is 37.4 Å². The van der Waals surface area contributed by atoms with Gasteiger partial charge in [0.25, 0.3) is 0 Å². The molecule has 2 unspecified atom stereocenters. The van der Waals surface area contributed by atoms with Crippen LogP contribution < -0.4 is 0 Å². The quantitative estimate of drug-likeness (QED) is 0.349. The second-order valence-electron chi connectivity index (χ2n) is 10.1. The first-order valence-electron chi connectivity index (χ1n) is 12.8. The van der Waals surface area contributed by atoms with Crippen LogP contribution in [0.5, 0.6) is 0 Å². The number of hydrogen-bond donors (Lipinski definition) is 0. The van der Waals surface area contributed by atoms with Crippen LogP contribution in [0.2, 0.25) is 0 Å². The van der Waals surface area contributed by atoms with Crippen LogP contribution in [0.1, 0.15) is 41.6 Å². The number of likely N-dealkylation sites (tertiary alicyclic amines) is 2. The molecular formula is C28H33FN8S2. The summed E-state index contributed by atoms with van der Waals surface area (Å²) in [6.07, 6.45) is 4.39. The van der Waals surface area contributed by atoms with Crippen molar-refractivity contribution < 1.29 is 4.39 Å². The van der Waals surface area contributed by atoms with Crippen LogP contribution in [0.4, 0.5) is 4.39 Å². The highest BCUT2D eigenvalue weighted by Gasteiger charge is 2.42. The largest absolute Gasteiger partial charge is 0.304 e. The van der Waals surface area contributed by atoms with E-state index in [9.17, 15) is 5.26 Å². The van der Waals surface area contributed by atoms with E-state index in [2.05, 4.69) is 37.7 Å². The van der Waals surface area contributed by atoms with Crippen LogP contribution in [-0.2, 0) is 13.1 Å². The van der Waals surface area contributed by atoms with Crippen molar-refractivity contribution in [2.45, 2.75) is 52.4 Å². The average Bonchev–Trinajstić information content (AvgIpc) is 3.58. The Hall–Kier alpha value is -3.04. The first kappa shape index (κ1) is 29.0. The summed E-state index contributed by atoms with van der Waals surface area (Å²) in [4.78, 5) is 23.1. The molecule has 11 heteroatoms. The molecule has 39 heavy (non-hydrogen) atoms. The van der Waals surface area contributed by atoms with Crippen LogP contribution in [0.15, 0.2) is 36.7 Å². The number of piperazine rings is 1. The molecule has 3 aromatic heterocycles. The number of likely N-dealkylation sites (N-methyl/N-ethyl adjacent to an activating group) is 1. The third-order valence-electron chi connectivity index (χ3n) is 7.71. The summed E-state index contributed by atoms with van der Waals surface area (Å²) < 4.78 is 17.4. The highest BCUT2D eigenvalue weighted by Crippen LogP contribution is 2.32. The molecule has 2 saturated heterocycles. The van der Waals surface area contributed by atoms with Crippen molar-refractivity contribution in [1.82, 2.24) is 34.3 Å². The van der Waals surface area contributed by atoms with E-state index in [1.807, 2.05) is 30.5 Å². The molecule has 2 aliphatic heterocycles. The molecule has 4 aromatic rings. The summed E-state index contributed by atoms with van der Waals surface area (Å²) >= 11 is 0. The fourth-order valence-corrected chi connectivity index (χ4v) is 5.90. The van der Waals surface area contributed by atoms with E-state index in [4.69, 9.17) is 4.98 Å². The number of imidazole rings is 1. The van der Waals surface area contributed by atoms with Gasteiger partial charge in [-0.2, -0.15) is 32.3 Å². The molecule has 2 atom stereocenters. The molecule has 2 aliphatic rings. The lowest BCUT2D eigenvalue weighted by molar-refractivity contribution is 0.127. The minimum Gasteiger partial charge on any atom is -0.304 e. The number of nitrogens with zero attached hydrogens (tertiary/aromatic N) is 8. The summed E-state index contributed by atoms with van der Waals surface area (Å²) in [5.74, 6) is 0.967. The van der Waals surface area contributed by atoms with E-state index in [-0.39, 0.29) is 39.4 Å². The summed E-state index contributed by atoms with van der Waals surface area (Å²) in [6.45, 7) is 10.2. The Kier molecular flexibility index (Phi) is 8.61. The molecule has 5 heterocycles. The molecule has 0 amide bonds. The van der Waals surface area contributed by atoms with Gasteiger partial charge in [-0.3, -0.25) is 14.8 Å². The van der Waals surface area contributed by atoms with E-state index in [1.54, 1.807) is 18.3 Å². The van der Waals surface area contributed by atoms with Gasteiger partial charge in [0.1, 0.15) is 29.1 Å². The maximum absolute atomic E-state index is 15.5. The third-order valence-corrected chi connectivity index (χ3v) is 7.71. The molecule has 0 N–H and O–H groups in total. The number of rotatable bonds is 6. The Morgan fingerprint density at radius 1 is 1.00 bits per heavy atom. The van der Waals surface area contributed by atoms with Gasteiger partial charge in [-0.05, 0) is 44.5 Å². The van der Waals surface area contributed by atoms with E-state index in [0.29, 0.717) is 51.6 Å². The normalized spacial score (nSPS) is 18.6. The highest BCUT2D eigenvalue weighted by molar-refractivity contribution is 7.59. The molecule has 2 bridgehead atoms. The molecule has 8 nitrogen and oxygen atoms in total. The summed E-state index contributed by atoms with van der Waals surface area (Å²) in [5.41, 5.74) is 4.71. The summed E-state index contributed by atoms with van der Waals surface area (Å²) in [7, 11) is 0. The van der Waals surface area contributed by atoms with Crippen LogP contribution in [0.25, 0.3) is 22.6 Å². The number of halogens is 1. The van der Waals surface area contributed by atoms with Crippen molar-refractivity contribution in [3.05, 3.63) is 70.7 Å². The monoisotopic (exact) mass is 564 g/mol. The number of benzene rings is 1. The highest BCUT2D eigenvalue weighted by atomic mass is 32.1. The van der Waals surface area contributed by atoms with Crippen molar-refractivity contribution in [1.29, 1.82) is 5.26 Å². The Morgan fingerprint density at radius 2 is 1.77 bits per heavy atom. The van der Waals surface area contributed by atoms with E-state index < -0.39 is 0 Å². The van der Waals surface area contributed by atoms with Gasteiger partial charge >= 0.3 is 0 Å².